The number of rotatable bonds is 5. The van der Waals surface area contributed by atoms with Crippen molar-refractivity contribution in [3.63, 3.8) is 0 Å². The molecular formula is C20H17N3O3S2. The van der Waals surface area contributed by atoms with Crippen LogP contribution in [0.15, 0.2) is 75.9 Å². The van der Waals surface area contributed by atoms with Crippen LogP contribution in [0.2, 0.25) is 0 Å². The van der Waals surface area contributed by atoms with Crippen molar-refractivity contribution in [3.05, 3.63) is 77.9 Å². The zero-order valence-electron chi connectivity index (χ0n) is 14.8. The Morgan fingerprint density at radius 3 is 2.64 bits per heavy atom. The van der Waals surface area contributed by atoms with Crippen LogP contribution in [0, 0.1) is 0 Å². The predicted octanol–water partition coefficient (Wildman–Crippen LogP) is 2.89. The molecular weight excluding hydrogens is 394 g/mol. The molecule has 0 fully saturated rings. The van der Waals surface area contributed by atoms with Crippen molar-refractivity contribution in [2.24, 2.45) is 0 Å². The third-order valence-electron chi connectivity index (χ3n) is 4.42. The summed E-state index contributed by atoms with van der Waals surface area (Å²) in [6.07, 6.45) is 5.42. The minimum Gasteiger partial charge on any atom is -0.294 e. The molecule has 1 N–H and O–H groups in total. The van der Waals surface area contributed by atoms with Gasteiger partial charge in [0.05, 0.1) is 4.90 Å². The first kappa shape index (κ1) is 18.8. The minimum absolute atomic E-state index is 0.00608. The lowest BCUT2D eigenvalue weighted by Crippen LogP contribution is -2.26. The number of carbonyl (C=O) groups excluding carboxylic acids is 1. The summed E-state index contributed by atoms with van der Waals surface area (Å²) in [5.41, 5.74) is 2.26. The van der Waals surface area contributed by atoms with E-state index in [2.05, 4.69) is 14.7 Å². The molecule has 1 aliphatic rings. The van der Waals surface area contributed by atoms with Crippen LogP contribution in [0.4, 0.5) is 0 Å². The summed E-state index contributed by atoms with van der Waals surface area (Å²) >= 11 is 1.49. The lowest BCUT2D eigenvalue weighted by atomic mass is 10.0. The summed E-state index contributed by atoms with van der Waals surface area (Å²) in [4.78, 5) is 22.4. The number of carbonyl (C=O) groups is 1. The first-order valence-electron chi connectivity index (χ1n) is 8.69. The van der Waals surface area contributed by atoms with Gasteiger partial charge in [-0.2, -0.15) is 0 Å². The number of sulfonamides is 1. The minimum atomic E-state index is -3.67. The zero-order valence-corrected chi connectivity index (χ0v) is 16.5. The van der Waals surface area contributed by atoms with Gasteiger partial charge in [-0.25, -0.2) is 23.1 Å². The van der Waals surface area contributed by atoms with E-state index in [0.717, 1.165) is 20.9 Å². The third kappa shape index (κ3) is 3.99. The molecule has 0 radical (unpaired) electrons. The fraction of sp³-hybridized carbons (Fsp3) is 0.150. The van der Waals surface area contributed by atoms with E-state index < -0.39 is 10.0 Å². The fourth-order valence-corrected chi connectivity index (χ4v) is 5.16. The van der Waals surface area contributed by atoms with Crippen molar-refractivity contribution < 1.29 is 13.2 Å². The number of nitrogens with one attached hydrogen (secondary N) is 1. The number of hydrogen-bond donors (Lipinski definition) is 1. The molecule has 1 aromatic heterocycles. The highest BCUT2D eigenvalue weighted by molar-refractivity contribution is 7.99. The van der Waals surface area contributed by atoms with Gasteiger partial charge in [0.2, 0.25) is 10.0 Å². The molecule has 6 nitrogen and oxygen atoms in total. The number of fused-ring (bicyclic) bond motifs is 2. The lowest BCUT2D eigenvalue weighted by molar-refractivity contribution is 0.0990. The molecule has 0 spiro atoms. The molecule has 8 heteroatoms. The molecule has 0 aliphatic carbocycles. The molecule has 0 atom stereocenters. The van der Waals surface area contributed by atoms with Gasteiger partial charge in [-0.15, -0.1) is 0 Å². The highest BCUT2D eigenvalue weighted by atomic mass is 32.2. The highest BCUT2D eigenvalue weighted by Gasteiger charge is 2.22. The molecule has 142 valence electrons. The number of nitrogens with zero attached hydrogens (tertiary/aromatic N) is 2. The Hall–Kier alpha value is -2.55. The Bertz CT molecular complexity index is 1130. The molecule has 0 saturated heterocycles. The lowest BCUT2D eigenvalue weighted by Gasteiger charge is -2.10. The van der Waals surface area contributed by atoms with Crippen LogP contribution in [0.5, 0.6) is 0 Å². The molecule has 1 aliphatic heterocycles. The van der Waals surface area contributed by atoms with E-state index in [0.29, 0.717) is 12.0 Å². The normalized spacial score (nSPS) is 13.5. The second-order valence-corrected chi connectivity index (χ2v) is 9.21. The van der Waals surface area contributed by atoms with E-state index in [4.69, 9.17) is 0 Å². The van der Waals surface area contributed by atoms with Crippen molar-refractivity contribution in [1.82, 2.24) is 14.7 Å². The van der Waals surface area contributed by atoms with Gasteiger partial charge in [0.15, 0.2) is 5.78 Å². The van der Waals surface area contributed by atoms with Gasteiger partial charge < -0.3 is 0 Å². The summed E-state index contributed by atoms with van der Waals surface area (Å²) in [5.74, 6) is -0.00608. The third-order valence-corrected chi connectivity index (χ3v) is 7.07. The van der Waals surface area contributed by atoms with E-state index >= 15 is 0 Å². The van der Waals surface area contributed by atoms with Gasteiger partial charge in [-0.3, -0.25) is 4.79 Å². The maximum absolute atomic E-state index is 12.7. The second-order valence-electron chi connectivity index (χ2n) is 6.36. The maximum Gasteiger partial charge on any atom is 0.240 e. The summed E-state index contributed by atoms with van der Waals surface area (Å²) in [5, 5.41) is 0. The quantitative estimate of drug-likeness (QED) is 0.694. The number of benzene rings is 2. The monoisotopic (exact) mass is 411 g/mol. The van der Waals surface area contributed by atoms with Gasteiger partial charge in [0, 0.05) is 40.7 Å². The van der Waals surface area contributed by atoms with Crippen molar-refractivity contribution in [3.8, 4) is 0 Å². The van der Waals surface area contributed by atoms with Crippen molar-refractivity contribution in [1.29, 1.82) is 0 Å². The van der Waals surface area contributed by atoms with Crippen molar-refractivity contribution in [2.45, 2.75) is 27.5 Å². The Labute approximate surface area is 167 Å². The summed E-state index contributed by atoms with van der Waals surface area (Å²) in [7, 11) is -3.67. The Kier molecular flexibility index (Phi) is 5.25. The average molecular weight is 412 g/mol. The first-order valence-corrected chi connectivity index (χ1v) is 11.0. The predicted molar refractivity (Wildman–Crippen MR) is 106 cm³/mol. The van der Waals surface area contributed by atoms with E-state index in [1.54, 1.807) is 30.6 Å². The van der Waals surface area contributed by atoms with Crippen LogP contribution in [0.3, 0.4) is 0 Å². The van der Waals surface area contributed by atoms with Crippen LogP contribution >= 0.6 is 11.8 Å². The zero-order chi connectivity index (χ0) is 19.6. The average Bonchev–Trinajstić information content (AvgIpc) is 2.84. The van der Waals surface area contributed by atoms with Gasteiger partial charge in [-0.05, 0) is 41.8 Å². The number of hydrogen-bond acceptors (Lipinski definition) is 6. The molecule has 28 heavy (non-hydrogen) atoms. The molecule has 4 rings (SSSR count). The van der Waals surface area contributed by atoms with Crippen LogP contribution in [-0.4, -0.2) is 30.7 Å². The number of aromatic nitrogens is 2. The van der Waals surface area contributed by atoms with Gasteiger partial charge in [0.1, 0.15) is 6.33 Å². The summed E-state index contributed by atoms with van der Waals surface area (Å²) < 4.78 is 27.9. The molecule has 2 heterocycles. The highest BCUT2D eigenvalue weighted by Crippen LogP contribution is 2.37. The second kappa shape index (κ2) is 7.83. The fourth-order valence-electron chi connectivity index (χ4n) is 3.01. The maximum atomic E-state index is 12.7. The largest absolute Gasteiger partial charge is 0.294 e. The van der Waals surface area contributed by atoms with E-state index in [9.17, 15) is 13.2 Å². The first-order chi connectivity index (χ1) is 13.5. The van der Waals surface area contributed by atoms with Crippen LogP contribution < -0.4 is 4.72 Å². The number of Topliss-reactive ketones (excluding diaryl/α,β-unsaturated/α-hetero) is 1. The van der Waals surface area contributed by atoms with Crippen LogP contribution in [0.25, 0.3) is 0 Å². The Morgan fingerprint density at radius 2 is 1.82 bits per heavy atom. The number of ketones is 1. The summed E-state index contributed by atoms with van der Waals surface area (Å²) in [6.45, 7) is 0.242. The summed E-state index contributed by atoms with van der Waals surface area (Å²) in [6, 6.07) is 12.4. The standard InChI is InChI=1S/C20H17N3O3S2/c24-18-10-15-9-16(5-6-19(15)27-20-4-2-1-3-17(18)20)28(25,26)23-8-7-14-11-21-13-22-12-14/h1-6,9,11-13,23H,7-8,10H2. The van der Waals surface area contributed by atoms with Crippen LogP contribution in [0.1, 0.15) is 21.5 Å². The molecule has 0 amide bonds. The van der Waals surface area contributed by atoms with Gasteiger partial charge in [0.25, 0.3) is 0 Å². The molecule has 0 saturated carbocycles. The smallest absolute Gasteiger partial charge is 0.240 e. The SMILES string of the molecule is O=C1Cc2cc(S(=O)(=O)NCCc3cncnc3)ccc2Sc2ccccc21. The molecule has 0 bridgehead atoms. The van der Waals surface area contributed by atoms with Crippen molar-refractivity contribution >= 4 is 27.6 Å². The Balaban J connectivity index is 1.54. The van der Waals surface area contributed by atoms with E-state index in [1.807, 2.05) is 24.3 Å². The van der Waals surface area contributed by atoms with Crippen LogP contribution in [-0.2, 0) is 22.9 Å². The molecule has 0 unspecified atom stereocenters. The van der Waals surface area contributed by atoms with Crippen molar-refractivity contribution in [2.75, 3.05) is 6.54 Å². The van der Waals surface area contributed by atoms with Gasteiger partial charge >= 0.3 is 0 Å². The van der Waals surface area contributed by atoms with Gasteiger partial charge in [-0.1, -0.05) is 30.0 Å². The van der Waals surface area contributed by atoms with E-state index in [-0.39, 0.29) is 23.6 Å². The molecule has 2 aromatic carbocycles. The Morgan fingerprint density at radius 1 is 1.04 bits per heavy atom. The van der Waals surface area contributed by atoms with E-state index in [1.165, 1.54) is 18.1 Å². The topological polar surface area (TPSA) is 89.0 Å². The molecule has 3 aromatic rings.